The van der Waals surface area contributed by atoms with Gasteiger partial charge in [-0.25, -0.2) is 9.59 Å². The Balaban J connectivity index is 2.28. The Morgan fingerprint density at radius 3 is 2.48 bits per heavy atom. The zero-order valence-corrected chi connectivity index (χ0v) is 13.8. The molecule has 0 aliphatic rings. The van der Waals surface area contributed by atoms with E-state index in [2.05, 4.69) is 29.2 Å². The third-order valence-corrected chi connectivity index (χ3v) is 3.24. The lowest BCUT2D eigenvalue weighted by Gasteiger charge is -2.11. The molecule has 1 unspecified atom stereocenters. The maximum atomic E-state index is 11.7. The average Bonchev–Trinajstić information content (AvgIpc) is 2.45. The summed E-state index contributed by atoms with van der Waals surface area (Å²) in [6.07, 6.45) is -0.686. The summed E-state index contributed by atoms with van der Waals surface area (Å²) < 4.78 is 10.8. The molecule has 6 heteroatoms. The van der Waals surface area contributed by atoms with E-state index in [1.807, 2.05) is 0 Å². The van der Waals surface area contributed by atoms with Crippen LogP contribution in [0.5, 0.6) is 0 Å². The Labute approximate surface area is 137 Å². The van der Waals surface area contributed by atoms with Crippen molar-refractivity contribution >= 4 is 34.5 Å². The molecule has 0 saturated carbocycles. The highest BCUT2D eigenvalue weighted by Gasteiger charge is 2.12. The molecule has 0 saturated heterocycles. The van der Waals surface area contributed by atoms with Crippen molar-refractivity contribution in [3.05, 3.63) is 45.6 Å². The summed E-state index contributed by atoms with van der Waals surface area (Å²) in [5.41, 5.74) is 0.728. The first-order valence-corrected chi connectivity index (χ1v) is 7.41. The SMILES string of the molecule is C=C(C)C(=O)OCCC(O)COC(=O)c1ccc(I)cc1. The largest absolute Gasteiger partial charge is 0.462 e. The van der Waals surface area contributed by atoms with Gasteiger partial charge in [-0.2, -0.15) is 0 Å². The molecule has 0 fully saturated rings. The molecule has 0 spiro atoms. The van der Waals surface area contributed by atoms with E-state index in [9.17, 15) is 14.7 Å². The predicted molar refractivity (Wildman–Crippen MR) is 85.8 cm³/mol. The number of aliphatic hydroxyl groups is 1. The molecule has 0 bridgehead atoms. The summed E-state index contributed by atoms with van der Waals surface area (Å²) in [6.45, 7) is 4.89. The molecular weight excluding hydrogens is 387 g/mol. The number of hydrogen-bond acceptors (Lipinski definition) is 5. The first-order chi connectivity index (χ1) is 9.90. The molecule has 0 radical (unpaired) electrons. The van der Waals surface area contributed by atoms with E-state index in [1.54, 1.807) is 31.2 Å². The summed E-state index contributed by atoms with van der Waals surface area (Å²) >= 11 is 2.14. The van der Waals surface area contributed by atoms with Crippen molar-refractivity contribution in [2.45, 2.75) is 19.4 Å². The second-order valence-electron chi connectivity index (χ2n) is 4.46. The van der Waals surface area contributed by atoms with Gasteiger partial charge in [-0.05, 0) is 53.8 Å². The minimum absolute atomic E-state index is 0.0495. The van der Waals surface area contributed by atoms with Gasteiger partial charge in [-0.1, -0.05) is 6.58 Å². The van der Waals surface area contributed by atoms with Crippen LogP contribution < -0.4 is 0 Å². The monoisotopic (exact) mass is 404 g/mol. The molecule has 1 aromatic carbocycles. The zero-order chi connectivity index (χ0) is 15.8. The third kappa shape index (κ3) is 6.72. The van der Waals surface area contributed by atoms with E-state index >= 15 is 0 Å². The summed E-state index contributed by atoms with van der Waals surface area (Å²) in [6, 6.07) is 6.91. The van der Waals surface area contributed by atoms with Crippen LogP contribution in [0.2, 0.25) is 0 Å². The summed E-state index contributed by atoms with van der Waals surface area (Å²) in [7, 11) is 0. The molecule has 0 heterocycles. The first kappa shape index (κ1) is 17.6. The number of carbonyl (C=O) groups is 2. The van der Waals surface area contributed by atoms with Gasteiger partial charge < -0.3 is 14.6 Å². The standard InChI is InChI=1S/C15H17IO5/c1-10(2)14(18)20-8-7-13(17)9-21-15(19)11-3-5-12(16)6-4-11/h3-6,13,17H,1,7-9H2,2H3. The highest BCUT2D eigenvalue weighted by atomic mass is 127. The normalized spacial score (nSPS) is 11.6. The lowest BCUT2D eigenvalue weighted by atomic mass is 10.2. The van der Waals surface area contributed by atoms with Crippen molar-refractivity contribution in [3.63, 3.8) is 0 Å². The van der Waals surface area contributed by atoms with Crippen LogP contribution in [0.4, 0.5) is 0 Å². The maximum absolute atomic E-state index is 11.7. The first-order valence-electron chi connectivity index (χ1n) is 6.33. The average molecular weight is 404 g/mol. The van der Waals surface area contributed by atoms with Crippen LogP contribution in [-0.2, 0) is 14.3 Å². The Bertz CT molecular complexity index is 509. The van der Waals surface area contributed by atoms with Crippen LogP contribution >= 0.6 is 22.6 Å². The zero-order valence-electron chi connectivity index (χ0n) is 11.7. The van der Waals surface area contributed by atoms with Gasteiger partial charge >= 0.3 is 11.9 Å². The summed E-state index contributed by atoms with van der Waals surface area (Å²) in [5.74, 6) is -0.998. The molecule has 0 aromatic heterocycles. The number of halogens is 1. The van der Waals surface area contributed by atoms with Crippen molar-refractivity contribution in [3.8, 4) is 0 Å². The van der Waals surface area contributed by atoms with E-state index < -0.39 is 18.0 Å². The number of benzene rings is 1. The van der Waals surface area contributed by atoms with Crippen LogP contribution in [0.25, 0.3) is 0 Å². The van der Waals surface area contributed by atoms with Gasteiger partial charge in [0.2, 0.25) is 0 Å². The second-order valence-corrected chi connectivity index (χ2v) is 5.71. The molecule has 0 amide bonds. The number of aliphatic hydroxyl groups excluding tert-OH is 1. The number of ether oxygens (including phenoxy) is 2. The van der Waals surface area contributed by atoms with Gasteiger partial charge in [0.05, 0.1) is 18.3 Å². The molecule has 1 aromatic rings. The summed E-state index contributed by atoms with van der Waals surface area (Å²) in [5, 5.41) is 9.65. The van der Waals surface area contributed by atoms with E-state index in [1.165, 1.54) is 0 Å². The molecule has 0 aliphatic heterocycles. The van der Waals surface area contributed by atoms with Crippen LogP contribution in [0.1, 0.15) is 23.7 Å². The second kappa shape index (κ2) is 8.78. The lowest BCUT2D eigenvalue weighted by molar-refractivity contribution is -0.139. The van der Waals surface area contributed by atoms with Crippen molar-refractivity contribution in [1.82, 2.24) is 0 Å². The Morgan fingerprint density at radius 1 is 1.29 bits per heavy atom. The number of carbonyl (C=O) groups excluding carboxylic acids is 2. The fourth-order valence-electron chi connectivity index (χ4n) is 1.34. The van der Waals surface area contributed by atoms with E-state index in [-0.39, 0.29) is 19.6 Å². The smallest absolute Gasteiger partial charge is 0.338 e. The Hall–Kier alpha value is -1.41. The van der Waals surface area contributed by atoms with Crippen molar-refractivity contribution in [1.29, 1.82) is 0 Å². The fourth-order valence-corrected chi connectivity index (χ4v) is 1.69. The number of rotatable bonds is 7. The van der Waals surface area contributed by atoms with Crippen LogP contribution in [0.3, 0.4) is 0 Å². The van der Waals surface area contributed by atoms with Gasteiger partial charge in [0, 0.05) is 15.6 Å². The van der Waals surface area contributed by atoms with E-state index in [0.717, 1.165) is 3.57 Å². The molecular formula is C15H17IO5. The van der Waals surface area contributed by atoms with Gasteiger partial charge in [0.1, 0.15) is 6.61 Å². The highest BCUT2D eigenvalue weighted by molar-refractivity contribution is 14.1. The predicted octanol–water partition coefficient (Wildman–Crippen LogP) is 2.32. The molecule has 5 nitrogen and oxygen atoms in total. The Kier molecular flexibility index (Phi) is 7.38. The van der Waals surface area contributed by atoms with Crippen LogP contribution in [0, 0.1) is 3.57 Å². The minimum Gasteiger partial charge on any atom is -0.462 e. The minimum atomic E-state index is -0.879. The van der Waals surface area contributed by atoms with Crippen molar-refractivity contribution < 1.29 is 24.2 Å². The van der Waals surface area contributed by atoms with Gasteiger partial charge in [0.25, 0.3) is 0 Å². The maximum Gasteiger partial charge on any atom is 0.338 e. The molecule has 1 atom stereocenters. The van der Waals surface area contributed by atoms with Crippen LogP contribution in [-0.4, -0.2) is 36.4 Å². The highest BCUT2D eigenvalue weighted by Crippen LogP contribution is 2.08. The van der Waals surface area contributed by atoms with Gasteiger partial charge in [0.15, 0.2) is 0 Å². The number of esters is 2. The quantitative estimate of drug-likeness (QED) is 0.429. The third-order valence-electron chi connectivity index (χ3n) is 2.52. The van der Waals surface area contributed by atoms with Crippen molar-refractivity contribution in [2.24, 2.45) is 0 Å². The summed E-state index contributed by atoms with van der Waals surface area (Å²) in [4.78, 5) is 22.8. The Morgan fingerprint density at radius 2 is 1.90 bits per heavy atom. The van der Waals surface area contributed by atoms with E-state index in [4.69, 9.17) is 9.47 Å². The van der Waals surface area contributed by atoms with Crippen LogP contribution in [0.15, 0.2) is 36.4 Å². The molecule has 21 heavy (non-hydrogen) atoms. The molecule has 114 valence electrons. The molecule has 1 N–H and O–H groups in total. The molecule has 0 aliphatic carbocycles. The number of hydrogen-bond donors (Lipinski definition) is 1. The topological polar surface area (TPSA) is 72.8 Å². The van der Waals surface area contributed by atoms with Gasteiger partial charge in [-0.3, -0.25) is 0 Å². The fraction of sp³-hybridized carbons (Fsp3) is 0.333. The lowest BCUT2D eigenvalue weighted by Crippen LogP contribution is -2.21. The van der Waals surface area contributed by atoms with E-state index in [0.29, 0.717) is 11.1 Å². The van der Waals surface area contributed by atoms with Gasteiger partial charge in [-0.15, -0.1) is 0 Å². The van der Waals surface area contributed by atoms with Crippen molar-refractivity contribution in [2.75, 3.05) is 13.2 Å². The molecule has 1 rings (SSSR count).